The third-order valence-corrected chi connectivity index (χ3v) is 4.49. The fourth-order valence-electron chi connectivity index (χ4n) is 3.36. The number of anilines is 1. The highest BCUT2D eigenvalue weighted by molar-refractivity contribution is 6.10. The summed E-state index contributed by atoms with van der Waals surface area (Å²) in [5.74, 6) is 0. The molecule has 3 aromatic carbocycles. The van der Waals surface area contributed by atoms with Crippen molar-refractivity contribution in [3.05, 3.63) is 110 Å². The van der Waals surface area contributed by atoms with Crippen LogP contribution in [0.25, 0.3) is 27.5 Å². The summed E-state index contributed by atoms with van der Waals surface area (Å²) in [6.45, 7) is 7.61. The zero-order chi connectivity index (χ0) is 17.9. The van der Waals surface area contributed by atoms with E-state index in [-0.39, 0.29) is 1.43 Å². The van der Waals surface area contributed by atoms with Crippen molar-refractivity contribution in [1.29, 1.82) is 0 Å². The smallest absolute Gasteiger partial charge is 0.0561 e. The minimum absolute atomic E-state index is 0. The van der Waals surface area contributed by atoms with Crippen LogP contribution in [0, 0.1) is 0 Å². The van der Waals surface area contributed by atoms with Crippen LogP contribution in [0.1, 0.15) is 1.43 Å². The van der Waals surface area contributed by atoms with Gasteiger partial charge in [-0.3, -0.25) is 0 Å². The highest BCUT2D eigenvalue weighted by atomic mass is 15.0. The molecule has 0 aliphatic carbocycles. The van der Waals surface area contributed by atoms with Gasteiger partial charge in [-0.2, -0.15) is 0 Å². The van der Waals surface area contributed by atoms with Gasteiger partial charge in [0, 0.05) is 29.3 Å². The van der Waals surface area contributed by atoms with Gasteiger partial charge in [-0.05, 0) is 42.5 Å². The Balaban J connectivity index is 0.00000210. The summed E-state index contributed by atoms with van der Waals surface area (Å²) in [4.78, 5) is 0. The van der Waals surface area contributed by atoms with Gasteiger partial charge in [0.1, 0.15) is 0 Å². The van der Waals surface area contributed by atoms with Gasteiger partial charge in [0.05, 0.1) is 11.0 Å². The molecule has 4 aromatic rings. The molecule has 0 unspecified atom stereocenters. The SMILES string of the molecule is C=C/C=C(\C=C)Nc1ccc2c3ccccc3n(-c3ccccc3)c2c1.[HH]. The van der Waals surface area contributed by atoms with E-state index in [9.17, 15) is 0 Å². The van der Waals surface area contributed by atoms with E-state index < -0.39 is 0 Å². The average Bonchev–Trinajstić information content (AvgIpc) is 3.02. The van der Waals surface area contributed by atoms with E-state index in [1.54, 1.807) is 12.2 Å². The molecule has 0 fully saturated rings. The monoisotopic (exact) mass is 338 g/mol. The largest absolute Gasteiger partial charge is 0.355 e. The predicted molar refractivity (Wildman–Crippen MR) is 115 cm³/mol. The topological polar surface area (TPSA) is 17.0 Å². The normalized spacial score (nSPS) is 11.6. The number of rotatable bonds is 5. The van der Waals surface area contributed by atoms with Gasteiger partial charge in [0.15, 0.2) is 0 Å². The lowest BCUT2D eigenvalue weighted by Gasteiger charge is -2.10. The molecular weight excluding hydrogens is 316 g/mol. The van der Waals surface area contributed by atoms with E-state index in [1.165, 1.54) is 21.8 Å². The zero-order valence-electron chi connectivity index (χ0n) is 14.5. The summed E-state index contributed by atoms with van der Waals surface area (Å²) in [5.41, 5.74) is 5.47. The molecule has 0 saturated heterocycles. The molecule has 0 radical (unpaired) electrons. The average molecular weight is 338 g/mol. The molecule has 0 amide bonds. The van der Waals surface area contributed by atoms with Gasteiger partial charge in [0.2, 0.25) is 0 Å². The molecule has 4 rings (SSSR count). The maximum absolute atomic E-state index is 3.85. The van der Waals surface area contributed by atoms with Crippen LogP contribution in [-0.4, -0.2) is 4.57 Å². The lowest BCUT2D eigenvalue weighted by molar-refractivity contribution is 1.18. The first-order valence-electron chi connectivity index (χ1n) is 8.62. The Hall–Kier alpha value is -3.52. The van der Waals surface area contributed by atoms with Crippen LogP contribution in [0.4, 0.5) is 5.69 Å². The third kappa shape index (κ3) is 2.72. The first kappa shape index (κ1) is 16.0. The number of nitrogens with one attached hydrogen (secondary N) is 1. The van der Waals surface area contributed by atoms with Crippen molar-refractivity contribution in [2.24, 2.45) is 0 Å². The molecule has 0 aliphatic rings. The summed E-state index contributed by atoms with van der Waals surface area (Å²) in [5, 5.41) is 5.90. The summed E-state index contributed by atoms with van der Waals surface area (Å²) >= 11 is 0. The molecule has 1 N–H and O–H groups in total. The molecule has 2 heteroatoms. The van der Waals surface area contributed by atoms with Gasteiger partial charge < -0.3 is 9.88 Å². The van der Waals surface area contributed by atoms with E-state index in [0.717, 1.165) is 17.1 Å². The minimum atomic E-state index is 0. The van der Waals surface area contributed by atoms with Crippen molar-refractivity contribution in [3.8, 4) is 5.69 Å². The number of para-hydroxylation sites is 2. The number of benzene rings is 3. The molecular formula is C24H22N2. The maximum atomic E-state index is 3.85. The first-order valence-corrected chi connectivity index (χ1v) is 8.62. The van der Waals surface area contributed by atoms with Crippen molar-refractivity contribution in [1.82, 2.24) is 4.57 Å². The number of nitrogens with zero attached hydrogens (tertiary/aromatic N) is 1. The van der Waals surface area contributed by atoms with Crippen molar-refractivity contribution < 1.29 is 1.43 Å². The highest BCUT2D eigenvalue weighted by Crippen LogP contribution is 2.33. The maximum Gasteiger partial charge on any atom is 0.0561 e. The van der Waals surface area contributed by atoms with Gasteiger partial charge in [-0.15, -0.1) is 0 Å². The summed E-state index contributed by atoms with van der Waals surface area (Å²) in [6, 6.07) is 25.4. The molecule has 128 valence electrons. The predicted octanol–water partition coefficient (Wildman–Crippen LogP) is 6.70. The third-order valence-electron chi connectivity index (χ3n) is 4.49. The van der Waals surface area contributed by atoms with E-state index in [0.29, 0.717) is 0 Å². The van der Waals surface area contributed by atoms with E-state index in [1.807, 2.05) is 12.1 Å². The number of allylic oxidation sites excluding steroid dienone is 3. The Labute approximate surface area is 154 Å². The highest BCUT2D eigenvalue weighted by Gasteiger charge is 2.12. The Morgan fingerprint density at radius 3 is 2.35 bits per heavy atom. The molecule has 2 nitrogen and oxygen atoms in total. The van der Waals surface area contributed by atoms with Crippen LogP contribution >= 0.6 is 0 Å². The molecule has 0 atom stereocenters. The Bertz CT molecular complexity index is 1140. The second kappa shape index (κ2) is 6.77. The van der Waals surface area contributed by atoms with Crippen LogP contribution < -0.4 is 5.32 Å². The van der Waals surface area contributed by atoms with E-state index in [4.69, 9.17) is 0 Å². The van der Waals surface area contributed by atoms with Crippen LogP contribution in [0.2, 0.25) is 0 Å². The van der Waals surface area contributed by atoms with Gasteiger partial charge in [-0.1, -0.05) is 61.7 Å². The Kier molecular flexibility index (Phi) is 4.16. The summed E-state index contributed by atoms with van der Waals surface area (Å²) in [7, 11) is 0. The Morgan fingerprint density at radius 2 is 1.58 bits per heavy atom. The molecule has 1 aromatic heterocycles. The molecule has 26 heavy (non-hydrogen) atoms. The van der Waals surface area contributed by atoms with Crippen LogP contribution in [0.5, 0.6) is 0 Å². The Morgan fingerprint density at radius 1 is 0.846 bits per heavy atom. The van der Waals surface area contributed by atoms with Crippen LogP contribution in [0.3, 0.4) is 0 Å². The lowest BCUT2D eigenvalue weighted by atomic mass is 10.1. The second-order valence-electron chi connectivity index (χ2n) is 6.11. The summed E-state index contributed by atoms with van der Waals surface area (Å²) < 4.78 is 2.31. The second-order valence-corrected chi connectivity index (χ2v) is 6.11. The number of fused-ring (bicyclic) bond motifs is 3. The van der Waals surface area contributed by atoms with Crippen LogP contribution in [0.15, 0.2) is 110 Å². The van der Waals surface area contributed by atoms with Crippen molar-refractivity contribution in [2.75, 3.05) is 5.32 Å². The van der Waals surface area contributed by atoms with Crippen molar-refractivity contribution >= 4 is 27.5 Å². The first-order chi connectivity index (χ1) is 12.8. The van der Waals surface area contributed by atoms with Crippen LogP contribution in [-0.2, 0) is 0 Å². The van der Waals surface area contributed by atoms with Gasteiger partial charge >= 0.3 is 0 Å². The zero-order valence-corrected chi connectivity index (χ0v) is 14.5. The molecule has 0 spiro atoms. The molecule has 0 bridgehead atoms. The van der Waals surface area contributed by atoms with Crippen molar-refractivity contribution in [2.45, 2.75) is 0 Å². The van der Waals surface area contributed by atoms with Gasteiger partial charge in [0.25, 0.3) is 0 Å². The minimum Gasteiger partial charge on any atom is -0.355 e. The van der Waals surface area contributed by atoms with E-state index in [2.05, 4.69) is 89.8 Å². The quantitative estimate of drug-likeness (QED) is 0.401. The van der Waals surface area contributed by atoms with E-state index >= 15 is 0 Å². The summed E-state index contributed by atoms with van der Waals surface area (Å²) in [6.07, 6.45) is 5.45. The number of hydrogen-bond acceptors (Lipinski definition) is 1. The number of hydrogen-bond donors (Lipinski definition) is 1. The molecule has 1 heterocycles. The fraction of sp³-hybridized carbons (Fsp3) is 0. The lowest BCUT2D eigenvalue weighted by Crippen LogP contribution is -1.97. The fourth-order valence-corrected chi connectivity index (χ4v) is 3.36. The number of aromatic nitrogens is 1. The van der Waals surface area contributed by atoms with Crippen molar-refractivity contribution in [3.63, 3.8) is 0 Å². The molecule has 0 saturated carbocycles. The molecule has 0 aliphatic heterocycles. The standard InChI is InChI=1S/C24H20N2.H2/c1-3-10-18(4-2)25-19-15-16-22-21-13-8-9-14-23(21)26(24(22)17-19)20-11-6-5-7-12-20;/h3-17,25H,1-2H2;1H/b18-10+;. The van der Waals surface area contributed by atoms with Gasteiger partial charge in [-0.25, -0.2) is 0 Å².